The molecule has 76 valence electrons. The minimum absolute atomic E-state index is 0.0523. The molecular weight excluding hydrogens is 206 g/mol. The second kappa shape index (κ2) is 4.19. The van der Waals surface area contributed by atoms with Gasteiger partial charge in [0.1, 0.15) is 11.3 Å². The Balaban J connectivity index is 3.21. The molecule has 5 heteroatoms. The fraction of sp³-hybridized carbons (Fsp3) is 0.222. The summed E-state index contributed by atoms with van der Waals surface area (Å²) in [6.07, 6.45) is 0. The molecule has 1 aromatic rings. The van der Waals surface area contributed by atoms with Crippen molar-refractivity contribution in [2.75, 3.05) is 19.5 Å². The second-order valence-corrected chi connectivity index (χ2v) is 3.00. The molecule has 0 bridgehead atoms. The lowest BCUT2D eigenvalue weighted by molar-refractivity contribution is 0.0597. The van der Waals surface area contributed by atoms with Crippen molar-refractivity contribution in [1.29, 1.82) is 0 Å². The number of carbonyl (C=O) groups is 1. The minimum atomic E-state index is -0.618. The fourth-order valence-corrected chi connectivity index (χ4v) is 1.29. The van der Waals surface area contributed by atoms with Crippen molar-refractivity contribution in [2.24, 2.45) is 0 Å². The molecule has 0 aliphatic heterocycles. The van der Waals surface area contributed by atoms with Crippen LogP contribution >= 0.6 is 11.6 Å². The molecule has 0 saturated heterocycles. The van der Waals surface area contributed by atoms with Gasteiger partial charge in [0.25, 0.3) is 0 Å². The number of anilines is 1. The zero-order valence-corrected chi connectivity index (χ0v) is 8.55. The second-order valence-electron chi connectivity index (χ2n) is 2.59. The molecule has 0 aliphatic carbocycles. The van der Waals surface area contributed by atoms with E-state index in [1.54, 1.807) is 7.05 Å². The van der Waals surface area contributed by atoms with E-state index < -0.39 is 5.97 Å². The van der Waals surface area contributed by atoms with Gasteiger partial charge in [-0.3, -0.25) is 0 Å². The number of aromatic hydroxyl groups is 1. The Kier molecular flexibility index (Phi) is 3.19. The van der Waals surface area contributed by atoms with Crippen LogP contribution in [0, 0.1) is 0 Å². The normalized spacial score (nSPS) is 9.64. The first kappa shape index (κ1) is 10.7. The van der Waals surface area contributed by atoms with Crippen LogP contribution in [0.5, 0.6) is 5.75 Å². The van der Waals surface area contributed by atoms with Gasteiger partial charge in [-0.2, -0.15) is 0 Å². The van der Waals surface area contributed by atoms with Gasteiger partial charge in [0.2, 0.25) is 0 Å². The number of carbonyl (C=O) groups excluding carboxylic acids is 1. The number of phenols is 1. The zero-order valence-electron chi connectivity index (χ0n) is 7.80. The van der Waals surface area contributed by atoms with Crippen molar-refractivity contribution < 1.29 is 14.6 Å². The van der Waals surface area contributed by atoms with Gasteiger partial charge in [0.15, 0.2) is 0 Å². The lowest BCUT2D eigenvalue weighted by Gasteiger charge is -2.07. The van der Waals surface area contributed by atoms with E-state index in [1.165, 1.54) is 19.2 Å². The van der Waals surface area contributed by atoms with Gasteiger partial charge in [0, 0.05) is 13.1 Å². The number of hydrogen-bond acceptors (Lipinski definition) is 4. The van der Waals surface area contributed by atoms with Crippen LogP contribution in [-0.2, 0) is 4.74 Å². The number of hydrogen-bond donors (Lipinski definition) is 2. The summed E-state index contributed by atoms with van der Waals surface area (Å²) in [5.74, 6) is -0.780. The van der Waals surface area contributed by atoms with E-state index in [-0.39, 0.29) is 11.3 Å². The molecule has 0 heterocycles. The van der Waals surface area contributed by atoms with Crippen molar-refractivity contribution in [3.8, 4) is 5.75 Å². The van der Waals surface area contributed by atoms with Crippen molar-refractivity contribution in [3.63, 3.8) is 0 Å². The molecular formula is C9H10ClNO3. The third kappa shape index (κ3) is 1.90. The summed E-state index contributed by atoms with van der Waals surface area (Å²) in [6.45, 7) is 0. The average molecular weight is 216 g/mol. The number of rotatable bonds is 2. The predicted octanol–water partition coefficient (Wildman–Crippen LogP) is 1.87. The lowest BCUT2D eigenvalue weighted by Crippen LogP contribution is -2.02. The van der Waals surface area contributed by atoms with Crippen LogP contribution in [0.3, 0.4) is 0 Å². The van der Waals surface area contributed by atoms with Crippen LogP contribution in [0.1, 0.15) is 10.4 Å². The van der Waals surface area contributed by atoms with E-state index in [9.17, 15) is 9.90 Å². The molecule has 0 fully saturated rings. The number of ether oxygens (including phenoxy) is 1. The number of halogens is 1. The number of phenolic OH excluding ortho intramolecular Hbond substituents is 1. The van der Waals surface area contributed by atoms with Gasteiger partial charge in [0.05, 0.1) is 17.8 Å². The number of esters is 1. The van der Waals surface area contributed by atoms with Crippen molar-refractivity contribution in [2.45, 2.75) is 0 Å². The summed E-state index contributed by atoms with van der Waals surface area (Å²) in [4.78, 5) is 11.1. The lowest BCUT2D eigenvalue weighted by atomic mass is 10.2. The van der Waals surface area contributed by atoms with E-state index in [2.05, 4.69) is 10.1 Å². The van der Waals surface area contributed by atoms with E-state index in [1.807, 2.05) is 0 Å². The van der Waals surface area contributed by atoms with Crippen LogP contribution in [0.25, 0.3) is 0 Å². The summed E-state index contributed by atoms with van der Waals surface area (Å²) < 4.78 is 4.47. The highest BCUT2D eigenvalue weighted by Gasteiger charge is 2.14. The van der Waals surface area contributed by atoms with Crippen LogP contribution in [-0.4, -0.2) is 25.2 Å². The quantitative estimate of drug-likeness (QED) is 0.740. The number of methoxy groups -OCH3 is 1. The van der Waals surface area contributed by atoms with Crippen molar-refractivity contribution in [3.05, 3.63) is 22.7 Å². The third-order valence-electron chi connectivity index (χ3n) is 1.76. The Labute approximate surface area is 86.4 Å². The summed E-state index contributed by atoms with van der Waals surface area (Å²) >= 11 is 5.82. The summed E-state index contributed by atoms with van der Waals surface area (Å²) in [6, 6.07) is 2.73. The molecule has 0 atom stereocenters. The van der Waals surface area contributed by atoms with Gasteiger partial charge in [-0.1, -0.05) is 11.6 Å². The SMILES string of the molecule is CNc1cc(O)c(C(=O)OC)cc1Cl. The maximum absolute atomic E-state index is 11.1. The maximum Gasteiger partial charge on any atom is 0.341 e. The Morgan fingerprint density at radius 2 is 2.21 bits per heavy atom. The Hall–Kier alpha value is -1.42. The standard InChI is InChI=1S/C9H10ClNO3/c1-11-7-4-8(12)5(3-6(7)10)9(13)14-2/h3-4,11-12H,1-2H3. The van der Waals surface area contributed by atoms with Crippen LogP contribution in [0.4, 0.5) is 5.69 Å². The van der Waals surface area contributed by atoms with E-state index in [0.29, 0.717) is 10.7 Å². The van der Waals surface area contributed by atoms with Gasteiger partial charge in [-0.15, -0.1) is 0 Å². The van der Waals surface area contributed by atoms with Crippen molar-refractivity contribution >= 4 is 23.3 Å². The highest BCUT2D eigenvalue weighted by atomic mass is 35.5. The Bertz CT molecular complexity index is 365. The molecule has 0 aromatic heterocycles. The Morgan fingerprint density at radius 3 is 2.71 bits per heavy atom. The molecule has 14 heavy (non-hydrogen) atoms. The van der Waals surface area contributed by atoms with Gasteiger partial charge in [-0.05, 0) is 6.07 Å². The monoisotopic (exact) mass is 215 g/mol. The molecule has 0 saturated carbocycles. The molecule has 1 aromatic carbocycles. The minimum Gasteiger partial charge on any atom is -0.507 e. The van der Waals surface area contributed by atoms with Crippen molar-refractivity contribution in [1.82, 2.24) is 0 Å². The zero-order chi connectivity index (χ0) is 10.7. The molecule has 1 rings (SSSR count). The summed E-state index contributed by atoms with van der Waals surface area (Å²) in [5.41, 5.74) is 0.605. The average Bonchev–Trinajstić information content (AvgIpc) is 2.19. The van der Waals surface area contributed by atoms with E-state index in [4.69, 9.17) is 11.6 Å². The van der Waals surface area contributed by atoms with E-state index >= 15 is 0 Å². The summed E-state index contributed by atoms with van der Waals surface area (Å²) in [5, 5.41) is 12.6. The topological polar surface area (TPSA) is 58.6 Å². The highest BCUT2D eigenvalue weighted by molar-refractivity contribution is 6.33. The molecule has 2 N–H and O–H groups in total. The smallest absolute Gasteiger partial charge is 0.341 e. The van der Waals surface area contributed by atoms with Gasteiger partial charge >= 0.3 is 5.97 Å². The highest BCUT2D eigenvalue weighted by Crippen LogP contribution is 2.30. The van der Waals surface area contributed by atoms with Crippen LogP contribution < -0.4 is 5.32 Å². The largest absolute Gasteiger partial charge is 0.507 e. The first-order chi connectivity index (χ1) is 6.60. The molecule has 0 spiro atoms. The first-order valence-electron chi connectivity index (χ1n) is 3.88. The third-order valence-corrected chi connectivity index (χ3v) is 2.07. The summed E-state index contributed by atoms with van der Waals surface area (Å²) in [7, 11) is 2.90. The molecule has 0 unspecified atom stereocenters. The fourth-order valence-electron chi connectivity index (χ4n) is 1.03. The maximum atomic E-state index is 11.1. The Morgan fingerprint density at radius 1 is 1.57 bits per heavy atom. The van der Waals surface area contributed by atoms with Gasteiger partial charge < -0.3 is 15.2 Å². The van der Waals surface area contributed by atoms with Crippen LogP contribution in [0.2, 0.25) is 5.02 Å². The molecule has 4 nitrogen and oxygen atoms in total. The predicted molar refractivity (Wildman–Crippen MR) is 54.0 cm³/mol. The number of nitrogens with one attached hydrogen (secondary N) is 1. The first-order valence-corrected chi connectivity index (χ1v) is 4.26. The molecule has 0 aliphatic rings. The molecule has 0 amide bonds. The van der Waals surface area contributed by atoms with Gasteiger partial charge in [-0.25, -0.2) is 4.79 Å². The van der Waals surface area contributed by atoms with Crippen LogP contribution in [0.15, 0.2) is 12.1 Å². The number of benzene rings is 1. The van der Waals surface area contributed by atoms with E-state index in [0.717, 1.165) is 0 Å². The molecule has 0 radical (unpaired) electrons.